The summed E-state index contributed by atoms with van der Waals surface area (Å²) in [6.45, 7) is 2.30. The van der Waals surface area contributed by atoms with Crippen molar-refractivity contribution in [3.63, 3.8) is 0 Å². The van der Waals surface area contributed by atoms with Gasteiger partial charge < -0.3 is 0 Å². The molecule has 20 heavy (non-hydrogen) atoms. The van der Waals surface area contributed by atoms with Crippen molar-refractivity contribution in [2.24, 2.45) is 5.92 Å². The highest BCUT2D eigenvalue weighted by Crippen LogP contribution is 2.37. The van der Waals surface area contributed by atoms with E-state index >= 15 is 0 Å². The third kappa shape index (κ3) is 4.57. The van der Waals surface area contributed by atoms with E-state index in [1.807, 2.05) is 22.6 Å². The summed E-state index contributed by atoms with van der Waals surface area (Å²) in [5.74, 6) is 10.4. The Hall–Kier alpha value is -0.930. The van der Waals surface area contributed by atoms with E-state index in [1.54, 1.807) is 0 Å². The summed E-state index contributed by atoms with van der Waals surface area (Å²) in [5.41, 5.74) is 2.55. The van der Waals surface area contributed by atoms with Gasteiger partial charge in [0.25, 0.3) is 0 Å². The molecule has 0 N–H and O–H groups in total. The van der Waals surface area contributed by atoms with Crippen molar-refractivity contribution in [3.05, 3.63) is 35.4 Å². The van der Waals surface area contributed by atoms with Crippen LogP contribution in [-0.4, -0.2) is 0 Å². The molecular formula is C19H21I. The lowest BCUT2D eigenvalue weighted by Gasteiger charge is -2.28. The summed E-state index contributed by atoms with van der Waals surface area (Å²) in [6, 6.07) is 8.78. The van der Waals surface area contributed by atoms with Gasteiger partial charge in [-0.15, -0.1) is 0 Å². The number of hydrogen-bond donors (Lipinski definition) is 0. The molecule has 0 saturated heterocycles. The highest BCUT2D eigenvalue weighted by Gasteiger charge is 2.21. The Balaban J connectivity index is 1.94. The van der Waals surface area contributed by atoms with Crippen molar-refractivity contribution in [2.45, 2.75) is 51.4 Å². The van der Waals surface area contributed by atoms with Crippen molar-refractivity contribution in [1.82, 2.24) is 0 Å². The van der Waals surface area contributed by atoms with Gasteiger partial charge in [-0.05, 0) is 71.0 Å². The fourth-order valence-corrected chi connectivity index (χ4v) is 3.29. The predicted octanol–water partition coefficient (Wildman–Crippen LogP) is 5.51. The fraction of sp³-hybridized carbons (Fsp3) is 0.474. The second kappa shape index (κ2) is 8.38. The summed E-state index contributed by atoms with van der Waals surface area (Å²) in [6.07, 6.45) is 8.28. The monoisotopic (exact) mass is 376 g/mol. The van der Waals surface area contributed by atoms with Crippen LogP contribution >= 0.6 is 22.6 Å². The molecule has 0 bridgehead atoms. The molecule has 0 nitrogen and oxygen atoms in total. The molecule has 0 amide bonds. The van der Waals surface area contributed by atoms with Crippen LogP contribution in [0.2, 0.25) is 0 Å². The zero-order valence-corrected chi connectivity index (χ0v) is 14.2. The molecule has 1 heteroatoms. The molecule has 0 radical (unpaired) electrons. The topological polar surface area (TPSA) is 0 Å². The first kappa shape index (κ1) is 15.5. The van der Waals surface area contributed by atoms with Crippen LogP contribution in [0.5, 0.6) is 0 Å². The number of hydrogen-bond acceptors (Lipinski definition) is 0. The molecule has 0 atom stereocenters. The summed E-state index contributed by atoms with van der Waals surface area (Å²) < 4.78 is 2.76. The molecule has 1 fully saturated rings. The lowest BCUT2D eigenvalue weighted by atomic mass is 9.77. The van der Waals surface area contributed by atoms with Crippen LogP contribution in [0.3, 0.4) is 0 Å². The van der Waals surface area contributed by atoms with Gasteiger partial charge in [0.1, 0.15) is 0 Å². The SMILES string of the molecule is CCC[C@H]1CC[C@H](c2ccc(C#CC#CI)cc2)CC1. The Bertz CT molecular complexity index is 525. The largest absolute Gasteiger partial charge is 0.0654 e. The van der Waals surface area contributed by atoms with Gasteiger partial charge in [0, 0.05) is 28.2 Å². The van der Waals surface area contributed by atoms with Gasteiger partial charge in [-0.2, -0.15) is 0 Å². The Morgan fingerprint density at radius 2 is 1.75 bits per heavy atom. The van der Waals surface area contributed by atoms with E-state index in [2.05, 4.69) is 52.9 Å². The van der Waals surface area contributed by atoms with Crippen LogP contribution < -0.4 is 0 Å². The predicted molar refractivity (Wildman–Crippen MR) is 94.7 cm³/mol. The van der Waals surface area contributed by atoms with Gasteiger partial charge in [0.05, 0.1) is 0 Å². The first-order valence-corrected chi connectivity index (χ1v) is 8.63. The minimum atomic E-state index is 0.763. The van der Waals surface area contributed by atoms with Crippen LogP contribution in [0.25, 0.3) is 0 Å². The molecule has 0 heterocycles. The normalized spacial score (nSPS) is 21.3. The van der Waals surface area contributed by atoms with E-state index < -0.39 is 0 Å². The summed E-state index contributed by atoms with van der Waals surface area (Å²) in [5, 5.41) is 0. The van der Waals surface area contributed by atoms with E-state index in [4.69, 9.17) is 0 Å². The molecule has 1 aliphatic rings. The Labute approximate surface area is 136 Å². The maximum absolute atomic E-state index is 3.07. The molecule has 0 unspecified atom stereocenters. The van der Waals surface area contributed by atoms with Crippen molar-refractivity contribution >= 4 is 22.6 Å². The van der Waals surface area contributed by atoms with Crippen LogP contribution in [0.1, 0.15) is 62.5 Å². The van der Waals surface area contributed by atoms with Crippen molar-refractivity contribution in [2.75, 3.05) is 0 Å². The lowest BCUT2D eigenvalue weighted by Crippen LogP contribution is -2.13. The zero-order chi connectivity index (χ0) is 14.2. The Morgan fingerprint density at radius 1 is 1.05 bits per heavy atom. The van der Waals surface area contributed by atoms with Gasteiger partial charge in [0.15, 0.2) is 0 Å². The van der Waals surface area contributed by atoms with Gasteiger partial charge in [-0.3, -0.25) is 0 Å². The van der Waals surface area contributed by atoms with E-state index in [-0.39, 0.29) is 0 Å². The number of benzene rings is 1. The molecular weight excluding hydrogens is 355 g/mol. The van der Waals surface area contributed by atoms with Crippen molar-refractivity contribution < 1.29 is 0 Å². The van der Waals surface area contributed by atoms with Gasteiger partial charge in [-0.1, -0.05) is 37.8 Å². The van der Waals surface area contributed by atoms with Crippen LogP contribution in [0, 0.1) is 27.6 Å². The maximum Gasteiger partial charge on any atom is 0.0255 e. The molecule has 0 aromatic heterocycles. The van der Waals surface area contributed by atoms with Gasteiger partial charge in [0.2, 0.25) is 0 Å². The Kier molecular flexibility index (Phi) is 6.48. The maximum atomic E-state index is 3.07. The third-order valence-corrected chi connectivity index (χ3v) is 4.51. The molecule has 104 valence electrons. The van der Waals surface area contributed by atoms with Crippen LogP contribution in [0.4, 0.5) is 0 Å². The van der Waals surface area contributed by atoms with Crippen molar-refractivity contribution in [3.8, 4) is 21.7 Å². The van der Waals surface area contributed by atoms with Crippen LogP contribution in [-0.2, 0) is 0 Å². The van der Waals surface area contributed by atoms with Crippen molar-refractivity contribution in [1.29, 1.82) is 0 Å². The zero-order valence-electron chi connectivity index (χ0n) is 12.1. The summed E-state index contributed by atoms with van der Waals surface area (Å²) in [7, 11) is 0. The average molecular weight is 376 g/mol. The van der Waals surface area contributed by atoms with Gasteiger partial charge in [-0.25, -0.2) is 0 Å². The molecule has 0 aliphatic heterocycles. The van der Waals surface area contributed by atoms with E-state index in [0.29, 0.717) is 0 Å². The molecule has 1 aromatic rings. The fourth-order valence-electron chi connectivity index (χ4n) is 3.16. The third-order valence-electron chi connectivity index (χ3n) is 4.24. The lowest BCUT2D eigenvalue weighted by molar-refractivity contribution is 0.308. The van der Waals surface area contributed by atoms with E-state index in [0.717, 1.165) is 17.4 Å². The minimum Gasteiger partial charge on any atom is -0.0654 e. The first-order chi connectivity index (χ1) is 9.83. The second-order valence-electron chi connectivity index (χ2n) is 5.60. The molecule has 1 aliphatic carbocycles. The van der Waals surface area contributed by atoms with E-state index in [9.17, 15) is 0 Å². The molecule has 1 saturated carbocycles. The number of halogens is 1. The molecule has 2 rings (SSSR count). The Morgan fingerprint density at radius 3 is 2.35 bits per heavy atom. The molecule has 0 spiro atoms. The highest BCUT2D eigenvalue weighted by atomic mass is 127. The smallest absolute Gasteiger partial charge is 0.0255 e. The second-order valence-corrected chi connectivity index (χ2v) is 6.14. The first-order valence-electron chi connectivity index (χ1n) is 7.55. The summed E-state index contributed by atoms with van der Waals surface area (Å²) >= 11 is 2.01. The highest BCUT2D eigenvalue weighted by molar-refractivity contribution is 14.1. The molecule has 1 aromatic carbocycles. The standard InChI is InChI=1S/C19H21I/c1-2-5-16-7-11-18(12-8-16)19-13-9-17(10-14-19)6-3-4-15-20/h9-10,13-14,16,18H,2,5,7-8,11-12H2,1H3/t16-,18-. The van der Waals surface area contributed by atoms with Crippen LogP contribution in [0.15, 0.2) is 24.3 Å². The summed E-state index contributed by atoms with van der Waals surface area (Å²) in [4.78, 5) is 0. The average Bonchev–Trinajstić information content (AvgIpc) is 2.49. The number of rotatable bonds is 3. The van der Waals surface area contributed by atoms with E-state index in [1.165, 1.54) is 44.1 Å². The minimum absolute atomic E-state index is 0.763. The quantitative estimate of drug-likeness (QED) is 0.482. The van der Waals surface area contributed by atoms with Gasteiger partial charge >= 0.3 is 0 Å².